The largest absolute Gasteiger partial charge is 0.467 e. The zero-order chi connectivity index (χ0) is 15.9. The molecule has 1 aromatic heterocycles. The summed E-state index contributed by atoms with van der Waals surface area (Å²) < 4.78 is 5.21. The lowest BCUT2D eigenvalue weighted by Crippen LogP contribution is -2.46. The predicted octanol–water partition coefficient (Wildman–Crippen LogP) is 2.69. The number of nitrogens with one attached hydrogen (secondary N) is 2. The topological polar surface area (TPSA) is 69.8 Å². The summed E-state index contributed by atoms with van der Waals surface area (Å²) in [6.07, 6.45) is 4.53. The van der Waals surface area contributed by atoms with E-state index in [1.54, 1.807) is 18.4 Å². The maximum Gasteiger partial charge on any atom is 0.191 e. The summed E-state index contributed by atoms with van der Waals surface area (Å²) in [5.41, 5.74) is 0. The number of hydrogen-bond donors (Lipinski definition) is 3. The van der Waals surface area contributed by atoms with Crippen molar-refractivity contribution in [1.29, 1.82) is 0 Å². The van der Waals surface area contributed by atoms with Gasteiger partial charge in [0.25, 0.3) is 0 Å². The summed E-state index contributed by atoms with van der Waals surface area (Å²) in [6, 6.07) is 4.00. The minimum absolute atomic E-state index is 0.292. The molecule has 124 valence electrons. The fourth-order valence-electron chi connectivity index (χ4n) is 3.33. The number of rotatable bonds is 5. The molecule has 0 saturated heterocycles. The Hall–Kier alpha value is -1.49. The van der Waals surface area contributed by atoms with Gasteiger partial charge in [-0.3, -0.25) is 4.99 Å². The van der Waals surface area contributed by atoms with Crippen LogP contribution in [0.15, 0.2) is 27.8 Å². The summed E-state index contributed by atoms with van der Waals surface area (Å²) >= 11 is 0. The van der Waals surface area contributed by atoms with Crippen molar-refractivity contribution in [2.75, 3.05) is 13.1 Å². The minimum Gasteiger partial charge on any atom is -0.467 e. The second-order valence-electron chi connectivity index (χ2n) is 6.51. The average molecular weight is 307 g/mol. The first-order valence-corrected chi connectivity index (χ1v) is 8.34. The third kappa shape index (κ3) is 5.05. The number of furan rings is 1. The predicted molar refractivity (Wildman–Crippen MR) is 88.7 cm³/mol. The highest BCUT2D eigenvalue weighted by Crippen LogP contribution is 2.28. The highest BCUT2D eigenvalue weighted by Gasteiger charge is 2.24. The molecule has 5 nitrogen and oxygen atoms in total. The molecule has 1 heterocycles. The normalized spacial score (nSPS) is 27.5. The summed E-state index contributed by atoms with van der Waals surface area (Å²) in [5.74, 6) is 2.83. The fraction of sp³-hybridized carbons (Fsp3) is 0.706. The van der Waals surface area contributed by atoms with Gasteiger partial charge in [-0.05, 0) is 50.2 Å². The third-order valence-corrected chi connectivity index (χ3v) is 4.16. The molecule has 2 rings (SSSR count). The van der Waals surface area contributed by atoms with Gasteiger partial charge in [-0.2, -0.15) is 0 Å². The molecule has 1 saturated carbocycles. The van der Waals surface area contributed by atoms with Crippen molar-refractivity contribution in [3.8, 4) is 0 Å². The molecule has 1 aromatic rings. The lowest BCUT2D eigenvalue weighted by molar-refractivity contribution is 0.158. The van der Waals surface area contributed by atoms with Crippen molar-refractivity contribution in [3.05, 3.63) is 24.2 Å². The Labute approximate surface area is 133 Å². The SMILES string of the molecule is CCNC(=NCC(O)c1ccco1)NC1CC(C)CC(C)C1. The zero-order valence-electron chi connectivity index (χ0n) is 13.9. The Bertz CT molecular complexity index is 448. The van der Waals surface area contributed by atoms with Crippen LogP contribution in [-0.4, -0.2) is 30.2 Å². The van der Waals surface area contributed by atoms with E-state index >= 15 is 0 Å². The van der Waals surface area contributed by atoms with E-state index in [2.05, 4.69) is 29.5 Å². The van der Waals surface area contributed by atoms with Crippen molar-refractivity contribution in [2.24, 2.45) is 16.8 Å². The molecule has 0 bridgehead atoms. The van der Waals surface area contributed by atoms with E-state index < -0.39 is 6.10 Å². The first kappa shape index (κ1) is 16.9. The van der Waals surface area contributed by atoms with Crippen molar-refractivity contribution in [3.63, 3.8) is 0 Å². The van der Waals surface area contributed by atoms with Gasteiger partial charge in [0, 0.05) is 12.6 Å². The molecule has 0 aromatic carbocycles. The second kappa shape index (κ2) is 8.22. The lowest BCUT2D eigenvalue weighted by atomic mass is 9.80. The van der Waals surface area contributed by atoms with E-state index in [4.69, 9.17) is 4.42 Å². The van der Waals surface area contributed by atoms with Crippen LogP contribution in [0.25, 0.3) is 0 Å². The van der Waals surface area contributed by atoms with Crippen LogP contribution in [0, 0.1) is 11.8 Å². The molecule has 5 heteroatoms. The third-order valence-electron chi connectivity index (χ3n) is 4.16. The smallest absolute Gasteiger partial charge is 0.191 e. The van der Waals surface area contributed by atoms with E-state index in [-0.39, 0.29) is 0 Å². The van der Waals surface area contributed by atoms with Crippen LogP contribution in [0.2, 0.25) is 0 Å². The zero-order valence-corrected chi connectivity index (χ0v) is 13.9. The summed E-state index contributed by atoms with van der Waals surface area (Å²) in [7, 11) is 0. The van der Waals surface area contributed by atoms with E-state index in [1.807, 2.05) is 6.92 Å². The Morgan fingerprint density at radius 3 is 2.68 bits per heavy atom. The second-order valence-corrected chi connectivity index (χ2v) is 6.51. The number of guanidine groups is 1. The number of nitrogens with zero attached hydrogens (tertiary/aromatic N) is 1. The Kier molecular flexibility index (Phi) is 6.31. The molecule has 1 aliphatic carbocycles. The molecular formula is C17H29N3O2. The van der Waals surface area contributed by atoms with Gasteiger partial charge in [-0.25, -0.2) is 0 Å². The van der Waals surface area contributed by atoms with Crippen LogP contribution in [-0.2, 0) is 0 Å². The van der Waals surface area contributed by atoms with E-state index in [1.165, 1.54) is 19.3 Å². The number of aliphatic hydroxyl groups excluding tert-OH is 1. The van der Waals surface area contributed by atoms with Gasteiger partial charge >= 0.3 is 0 Å². The van der Waals surface area contributed by atoms with Crippen LogP contribution in [0.5, 0.6) is 0 Å². The molecule has 0 aliphatic heterocycles. The maximum absolute atomic E-state index is 10.1. The van der Waals surface area contributed by atoms with Gasteiger partial charge in [0.1, 0.15) is 11.9 Å². The van der Waals surface area contributed by atoms with E-state index in [9.17, 15) is 5.11 Å². The van der Waals surface area contributed by atoms with Gasteiger partial charge in [-0.1, -0.05) is 13.8 Å². The molecule has 3 atom stereocenters. The van der Waals surface area contributed by atoms with Crippen LogP contribution < -0.4 is 10.6 Å². The van der Waals surface area contributed by atoms with Crippen molar-refractivity contribution < 1.29 is 9.52 Å². The van der Waals surface area contributed by atoms with Gasteiger partial charge in [0.15, 0.2) is 5.96 Å². The number of aliphatic imine (C=N–C) groups is 1. The summed E-state index contributed by atoms with van der Waals surface area (Å²) in [4.78, 5) is 4.50. The standard InChI is InChI=1S/C17H29N3O2/c1-4-18-17(19-11-15(21)16-6-5-7-22-16)20-14-9-12(2)8-13(3)10-14/h5-7,12-15,21H,4,8-11H2,1-3H3,(H2,18,19,20). The maximum atomic E-state index is 10.1. The first-order chi connectivity index (χ1) is 10.6. The van der Waals surface area contributed by atoms with Crippen LogP contribution in [0.3, 0.4) is 0 Å². The Balaban J connectivity index is 1.92. The summed E-state index contributed by atoms with van der Waals surface area (Å²) in [6.45, 7) is 7.78. The van der Waals surface area contributed by atoms with E-state index in [0.29, 0.717) is 18.3 Å². The highest BCUT2D eigenvalue weighted by atomic mass is 16.4. The van der Waals surface area contributed by atoms with Crippen molar-refractivity contribution in [1.82, 2.24) is 10.6 Å². The molecule has 0 amide bonds. The molecule has 3 N–H and O–H groups in total. The van der Waals surface area contributed by atoms with Gasteiger partial charge in [0.05, 0.1) is 12.8 Å². The summed E-state index contributed by atoms with van der Waals surface area (Å²) in [5, 5.41) is 16.8. The van der Waals surface area contributed by atoms with Crippen molar-refractivity contribution in [2.45, 2.75) is 52.2 Å². The Morgan fingerprint density at radius 1 is 1.36 bits per heavy atom. The van der Waals surface area contributed by atoms with Gasteiger partial charge in [-0.15, -0.1) is 0 Å². The van der Waals surface area contributed by atoms with Crippen LogP contribution in [0.4, 0.5) is 0 Å². The van der Waals surface area contributed by atoms with Gasteiger partial charge < -0.3 is 20.2 Å². The Morgan fingerprint density at radius 2 is 2.09 bits per heavy atom. The molecule has 1 aliphatic rings. The number of aliphatic hydroxyl groups is 1. The lowest BCUT2D eigenvalue weighted by Gasteiger charge is -2.33. The minimum atomic E-state index is -0.699. The first-order valence-electron chi connectivity index (χ1n) is 8.34. The van der Waals surface area contributed by atoms with Crippen molar-refractivity contribution >= 4 is 5.96 Å². The van der Waals surface area contributed by atoms with E-state index in [0.717, 1.165) is 24.3 Å². The van der Waals surface area contributed by atoms with Crippen LogP contribution >= 0.6 is 0 Å². The molecule has 22 heavy (non-hydrogen) atoms. The van der Waals surface area contributed by atoms with Gasteiger partial charge in [0.2, 0.25) is 0 Å². The monoisotopic (exact) mass is 307 g/mol. The molecule has 0 radical (unpaired) electrons. The number of hydrogen-bond acceptors (Lipinski definition) is 3. The molecular weight excluding hydrogens is 278 g/mol. The average Bonchev–Trinajstić information content (AvgIpc) is 2.97. The molecule has 3 unspecified atom stereocenters. The highest BCUT2D eigenvalue weighted by molar-refractivity contribution is 5.80. The fourth-order valence-corrected chi connectivity index (χ4v) is 3.33. The quantitative estimate of drug-likeness (QED) is 0.578. The van der Waals surface area contributed by atoms with Crippen LogP contribution in [0.1, 0.15) is 51.9 Å². The molecule has 0 spiro atoms. The molecule has 1 fully saturated rings.